The lowest BCUT2D eigenvalue weighted by molar-refractivity contribution is 0.181. The lowest BCUT2D eigenvalue weighted by atomic mass is 9.99. The van der Waals surface area contributed by atoms with Gasteiger partial charge in [-0.2, -0.15) is 0 Å². The Hall–Kier alpha value is -1.13. The van der Waals surface area contributed by atoms with Gasteiger partial charge in [0, 0.05) is 31.7 Å². The molecule has 0 radical (unpaired) electrons. The van der Waals surface area contributed by atoms with E-state index in [2.05, 4.69) is 0 Å². The third-order valence-electron chi connectivity index (χ3n) is 3.58. The van der Waals surface area contributed by atoms with Crippen molar-refractivity contribution >= 4 is 5.69 Å². The zero-order valence-corrected chi connectivity index (χ0v) is 10.8. The summed E-state index contributed by atoms with van der Waals surface area (Å²) in [7, 11) is 0. The van der Waals surface area contributed by atoms with Crippen LogP contribution in [-0.4, -0.2) is 32.3 Å². The van der Waals surface area contributed by atoms with Crippen LogP contribution in [-0.2, 0) is 4.74 Å². The molecule has 2 N–H and O–H groups in total. The summed E-state index contributed by atoms with van der Waals surface area (Å²) in [5.74, 6) is 0.208. The Morgan fingerprint density at radius 2 is 2.28 bits per heavy atom. The topological polar surface area (TPSA) is 38.5 Å². The summed E-state index contributed by atoms with van der Waals surface area (Å²) in [5.41, 5.74) is 6.83. The zero-order valence-electron chi connectivity index (χ0n) is 10.8. The number of hydrogen-bond acceptors (Lipinski definition) is 3. The first-order valence-corrected chi connectivity index (χ1v) is 6.55. The molecule has 0 aliphatic carbocycles. The maximum Gasteiger partial charge on any atom is 0.146 e. The minimum atomic E-state index is -0.186. The summed E-state index contributed by atoms with van der Waals surface area (Å²) in [6.45, 7) is 4.97. The molecule has 2 unspecified atom stereocenters. The summed E-state index contributed by atoms with van der Waals surface area (Å²) >= 11 is 0. The van der Waals surface area contributed by atoms with Crippen LogP contribution in [0, 0.1) is 11.7 Å². The molecule has 0 amide bonds. The van der Waals surface area contributed by atoms with Crippen molar-refractivity contribution in [3.05, 3.63) is 30.1 Å². The second kappa shape index (κ2) is 6.16. The largest absolute Gasteiger partial charge is 0.381 e. The van der Waals surface area contributed by atoms with Crippen molar-refractivity contribution in [1.29, 1.82) is 0 Å². The average Bonchev–Trinajstić information content (AvgIpc) is 2.90. The van der Waals surface area contributed by atoms with Gasteiger partial charge in [0.15, 0.2) is 0 Å². The van der Waals surface area contributed by atoms with Gasteiger partial charge in [-0.1, -0.05) is 12.1 Å². The monoisotopic (exact) mass is 252 g/mol. The van der Waals surface area contributed by atoms with Crippen LogP contribution in [0.15, 0.2) is 24.3 Å². The van der Waals surface area contributed by atoms with Crippen LogP contribution in [0.5, 0.6) is 0 Å². The minimum absolute atomic E-state index is 0.0343. The van der Waals surface area contributed by atoms with Gasteiger partial charge in [0.2, 0.25) is 0 Å². The smallest absolute Gasteiger partial charge is 0.146 e. The number of para-hydroxylation sites is 1. The van der Waals surface area contributed by atoms with Gasteiger partial charge in [-0.05, 0) is 25.5 Å². The van der Waals surface area contributed by atoms with Crippen molar-refractivity contribution in [2.24, 2.45) is 11.7 Å². The van der Waals surface area contributed by atoms with Crippen molar-refractivity contribution in [2.45, 2.75) is 19.4 Å². The SMILES string of the molecule is CCN(CC(N)C1CCOC1)c1ccccc1F. The predicted molar refractivity (Wildman–Crippen MR) is 71.2 cm³/mol. The fraction of sp³-hybridized carbons (Fsp3) is 0.571. The number of nitrogens with two attached hydrogens (primary N) is 1. The quantitative estimate of drug-likeness (QED) is 0.871. The summed E-state index contributed by atoms with van der Waals surface area (Å²) in [6.07, 6.45) is 1.01. The van der Waals surface area contributed by atoms with Gasteiger partial charge in [-0.15, -0.1) is 0 Å². The highest BCUT2D eigenvalue weighted by molar-refractivity contribution is 5.47. The second-order valence-electron chi connectivity index (χ2n) is 4.78. The summed E-state index contributed by atoms with van der Waals surface area (Å²) in [6, 6.07) is 6.88. The van der Waals surface area contributed by atoms with E-state index >= 15 is 0 Å². The van der Waals surface area contributed by atoms with Gasteiger partial charge in [0.1, 0.15) is 5.82 Å². The predicted octanol–water partition coefficient (Wildman–Crippen LogP) is 2.02. The first-order valence-electron chi connectivity index (χ1n) is 6.55. The molecular formula is C14H21FN2O. The first-order chi connectivity index (χ1) is 8.72. The number of anilines is 1. The Labute approximate surface area is 108 Å². The third kappa shape index (κ3) is 3.00. The maximum absolute atomic E-state index is 13.7. The normalized spacial score (nSPS) is 20.9. The molecule has 18 heavy (non-hydrogen) atoms. The van der Waals surface area contributed by atoms with E-state index in [1.165, 1.54) is 6.07 Å². The van der Waals surface area contributed by atoms with Crippen molar-refractivity contribution in [3.8, 4) is 0 Å². The molecule has 4 heteroatoms. The lowest BCUT2D eigenvalue weighted by Crippen LogP contribution is -2.43. The molecule has 0 saturated carbocycles. The van der Waals surface area contributed by atoms with E-state index in [1.807, 2.05) is 17.9 Å². The fourth-order valence-electron chi connectivity index (χ4n) is 2.40. The van der Waals surface area contributed by atoms with Gasteiger partial charge in [0.25, 0.3) is 0 Å². The molecule has 2 atom stereocenters. The molecule has 2 rings (SSSR count). The summed E-state index contributed by atoms with van der Waals surface area (Å²) < 4.78 is 19.1. The number of hydrogen-bond donors (Lipinski definition) is 1. The van der Waals surface area contributed by atoms with E-state index in [0.717, 1.165) is 26.2 Å². The van der Waals surface area contributed by atoms with Gasteiger partial charge in [-0.3, -0.25) is 0 Å². The molecule has 3 nitrogen and oxygen atoms in total. The molecule has 1 aliphatic rings. The second-order valence-corrected chi connectivity index (χ2v) is 4.78. The van der Waals surface area contributed by atoms with Crippen LogP contribution in [0.3, 0.4) is 0 Å². The molecule has 1 heterocycles. The number of ether oxygens (including phenoxy) is 1. The van der Waals surface area contributed by atoms with Gasteiger partial charge < -0.3 is 15.4 Å². The number of benzene rings is 1. The highest BCUT2D eigenvalue weighted by Crippen LogP contribution is 2.21. The fourth-order valence-corrected chi connectivity index (χ4v) is 2.40. The summed E-state index contributed by atoms with van der Waals surface area (Å²) in [4.78, 5) is 2.00. The van der Waals surface area contributed by atoms with Crippen molar-refractivity contribution in [2.75, 3.05) is 31.2 Å². The molecule has 1 fully saturated rings. The highest BCUT2D eigenvalue weighted by Gasteiger charge is 2.24. The van der Waals surface area contributed by atoms with Crippen molar-refractivity contribution < 1.29 is 9.13 Å². The molecular weight excluding hydrogens is 231 g/mol. The molecule has 0 aromatic heterocycles. The summed E-state index contributed by atoms with van der Waals surface area (Å²) in [5, 5.41) is 0. The molecule has 100 valence electrons. The molecule has 1 saturated heterocycles. The Balaban J connectivity index is 2.02. The Bertz CT molecular complexity index is 380. The van der Waals surface area contributed by atoms with Crippen molar-refractivity contribution in [3.63, 3.8) is 0 Å². The van der Waals surface area contributed by atoms with E-state index in [4.69, 9.17) is 10.5 Å². The zero-order chi connectivity index (χ0) is 13.0. The standard InChI is InChI=1S/C14H21FN2O/c1-2-17(14-6-4-3-5-12(14)15)9-13(16)11-7-8-18-10-11/h3-6,11,13H,2,7-10,16H2,1H3. The number of halogens is 1. The Morgan fingerprint density at radius 3 is 2.89 bits per heavy atom. The van der Waals surface area contributed by atoms with E-state index < -0.39 is 0 Å². The van der Waals surface area contributed by atoms with E-state index in [1.54, 1.807) is 12.1 Å². The number of rotatable bonds is 5. The maximum atomic E-state index is 13.7. The van der Waals surface area contributed by atoms with E-state index in [0.29, 0.717) is 18.2 Å². The highest BCUT2D eigenvalue weighted by atomic mass is 19.1. The Morgan fingerprint density at radius 1 is 1.50 bits per heavy atom. The average molecular weight is 252 g/mol. The first kappa shape index (κ1) is 13.3. The number of nitrogens with zero attached hydrogens (tertiary/aromatic N) is 1. The van der Waals surface area contributed by atoms with E-state index in [9.17, 15) is 4.39 Å². The Kier molecular flexibility index (Phi) is 4.55. The molecule has 1 aromatic carbocycles. The third-order valence-corrected chi connectivity index (χ3v) is 3.58. The van der Waals surface area contributed by atoms with Crippen LogP contribution < -0.4 is 10.6 Å². The van der Waals surface area contributed by atoms with Crippen LogP contribution in [0.25, 0.3) is 0 Å². The molecule has 1 aromatic rings. The lowest BCUT2D eigenvalue weighted by Gasteiger charge is -2.29. The van der Waals surface area contributed by atoms with Crippen LogP contribution in [0.1, 0.15) is 13.3 Å². The number of likely N-dealkylation sites (N-methyl/N-ethyl adjacent to an activating group) is 1. The van der Waals surface area contributed by atoms with Crippen LogP contribution in [0.4, 0.5) is 10.1 Å². The van der Waals surface area contributed by atoms with E-state index in [-0.39, 0.29) is 11.9 Å². The van der Waals surface area contributed by atoms with Gasteiger partial charge in [-0.25, -0.2) is 4.39 Å². The minimum Gasteiger partial charge on any atom is -0.381 e. The molecule has 0 spiro atoms. The van der Waals surface area contributed by atoms with Crippen molar-refractivity contribution in [1.82, 2.24) is 0 Å². The molecule has 0 bridgehead atoms. The van der Waals surface area contributed by atoms with Gasteiger partial charge >= 0.3 is 0 Å². The van der Waals surface area contributed by atoms with Crippen LogP contribution >= 0.6 is 0 Å². The van der Waals surface area contributed by atoms with Crippen LogP contribution in [0.2, 0.25) is 0 Å². The molecule has 1 aliphatic heterocycles. The van der Waals surface area contributed by atoms with Gasteiger partial charge in [0.05, 0.1) is 12.3 Å².